The number of benzene rings is 3. The standard InChI is InChI=1S/C20H18N2OS/c23-19(18-11-10-16-8-4-5-9-17(16)14-18)22-20(24)21-13-12-15-6-2-1-3-7-15/h1-11,14H,12-13H2,(H2,21,22,23,24). The lowest BCUT2D eigenvalue weighted by Gasteiger charge is -2.10. The Morgan fingerprint density at radius 3 is 2.38 bits per heavy atom. The second kappa shape index (κ2) is 7.70. The maximum absolute atomic E-state index is 12.3. The fourth-order valence-electron chi connectivity index (χ4n) is 2.52. The molecule has 2 N–H and O–H groups in total. The van der Waals surface area contributed by atoms with Gasteiger partial charge in [0.1, 0.15) is 0 Å². The van der Waals surface area contributed by atoms with Crippen LogP contribution in [0.3, 0.4) is 0 Å². The van der Waals surface area contributed by atoms with E-state index in [4.69, 9.17) is 12.2 Å². The Labute approximate surface area is 146 Å². The largest absolute Gasteiger partial charge is 0.362 e. The summed E-state index contributed by atoms with van der Waals surface area (Å²) in [6.07, 6.45) is 0.854. The molecule has 0 aromatic heterocycles. The van der Waals surface area contributed by atoms with Crippen LogP contribution in [0.2, 0.25) is 0 Å². The molecule has 120 valence electrons. The Kier molecular flexibility index (Phi) is 5.18. The number of thiocarbonyl (C=S) groups is 1. The lowest BCUT2D eigenvalue weighted by atomic mass is 10.1. The highest BCUT2D eigenvalue weighted by Gasteiger charge is 2.08. The summed E-state index contributed by atoms with van der Waals surface area (Å²) in [6, 6.07) is 23.7. The molecular formula is C20H18N2OS. The Hall–Kier alpha value is -2.72. The lowest BCUT2D eigenvalue weighted by Crippen LogP contribution is -2.40. The van der Waals surface area contributed by atoms with Crippen molar-refractivity contribution in [3.63, 3.8) is 0 Å². The average molecular weight is 334 g/mol. The normalized spacial score (nSPS) is 10.3. The van der Waals surface area contributed by atoms with Crippen molar-refractivity contribution in [3.05, 3.63) is 83.9 Å². The van der Waals surface area contributed by atoms with Crippen molar-refractivity contribution in [1.29, 1.82) is 0 Å². The van der Waals surface area contributed by atoms with Crippen molar-refractivity contribution in [2.45, 2.75) is 6.42 Å². The van der Waals surface area contributed by atoms with Gasteiger partial charge in [-0.05, 0) is 47.1 Å². The van der Waals surface area contributed by atoms with Crippen molar-refractivity contribution in [1.82, 2.24) is 10.6 Å². The molecule has 0 saturated carbocycles. The van der Waals surface area contributed by atoms with E-state index in [0.717, 1.165) is 17.2 Å². The van der Waals surface area contributed by atoms with Crippen LogP contribution in [0, 0.1) is 0 Å². The molecule has 0 bridgehead atoms. The molecule has 0 atom stereocenters. The molecule has 0 radical (unpaired) electrons. The van der Waals surface area contributed by atoms with Crippen LogP contribution in [0.15, 0.2) is 72.8 Å². The van der Waals surface area contributed by atoms with Gasteiger partial charge in [0, 0.05) is 12.1 Å². The van der Waals surface area contributed by atoms with Crippen LogP contribution >= 0.6 is 12.2 Å². The predicted octanol–water partition coefficient (Wildman–Crippen LogP) is 3.69. The number of hydrogen-bond donors (Lipinski definition) is 2. The van der Waals surface area contributed by atoms with Gasteiger partial charge in [0.2, 0.25) is 0 Å². The average Bonchev–Trinajstić information content (AvgIpc) is 2.62. The van der Waals surface area contributed by atoms with Crippen LogP contribution in [0.5, 0.6) is 0 Å². The molecule has 3 nitrogen and oxygen atoms in total. The van der Waals surface area contributed by atoms with Gasteiger partial charge in [0.05, 0.1) is 0 Å². The van der Waals surface area contributed by atoms with Crippen LogP contribution in [-0.2, 0) is 6.42 Å². The van der Waals surface area contributed by atoms with Gasteiger partial charge in [-0.25, -0.2) is 0 Å². The molecule has 1 amide bonds. The van der Waals surface area contributed by atoms with Gasteiger partial charge >= 0.3 is 0 Å². The Bertz CT molecular complexity index is 862. The van der Waals surface area contributed by atoms with Crippen molar-refractivity contribution in [2.24, 2.45) is 0 Å². The van der Waals surface area contributed by atoms with Gasteiger partial charge in [-0.15, -0.1) is 0 Å². The molecule has 4 heteroatoms. The minimum atomic E-state index is -0.196. The summed E-state index contributed by atoms with van der Waals surface area (Å²) in [6.45, 7) is 0.681. The minimum Gasteiger partial charge on any atom is -0.362 e. The molecule has 3 aromatic rings. The number of amides is 1. The van der Waals surface area contributed by atoms with Gasteiger partial charge in [-0.2, -0.15) is 0 Å². The number of fused-ring (bicyclic) bond motifs is 1. The summed E-state index contributed by atoms with van der Waals surface area (Å²) in [4.78, 5) is 12.3. The van der Waals surface area contributed by atoms with E-state index in [0.29, 0.717) is 17.2 Å². The summed E-state index contributed by atoms with van der Waals surface area (Å²) in [5.74, 6) is -0.196. The highest BCUT2D eigenvalue weighted by molar-refractivity contribution is 7.80. The zero-order valence-electron chi connectivity index (χ0n) is 13.2. The van der Waals surface area contributed by atoms with E-state index in [2.05, 4.69) is 22.8 Å². The zero-order valence-corrected chi connectivity index (χ0v) is 14.0. The summed E-state index contributed by atoms with van der Waals surface area (Å²) in [7, 11) is 0. The van der Waals surface area contributed by atoms with E-state index in [9.17, 15) is 4.79 Å². The molecule has 0 fully saturated rings. The molecule has 0 aliphatic rings. The molecule has 3 rings (SSSR count). The third kappa shape index (κ3) is 4.18. The van der Waals surface area contributed by atoms with Crippen molar-refractivity contribution in [3.8, 4) is 0 Å². The van der Waals surface area contributed by atoms with Gasteiger partial charge in [-0.3, -0.25) is 10.1 Å². The quantitative estimate of drug-likeness (QED) is 0.715. The van der Waals surface area contributed by atoms with Crippen LogP contribution < -0.4 is 10.6 Å². The van der Waals surface area contributed by atoms with Crippen molar-refractivity contribution in [2.75, 3.05) is 6.54 Å². The summed E-state index contributed by atoms with van der Waals surface area (Å²) in [5.41, 5.74) is 1.83. The van der Waals surface area contributed by atoms with Crippen LogP contribution in [0.1, 0.15) is 15.9 Å². The molecule has 0 aliphatic carbocycles. The number of hydrogen-bond acceptors (Lipinski definition) is 2. The monoisotopic (exact) mass is 334 g/mol. The molecule has 0 heterocycles. The molecule has 24 heavy (non-hydrogen) atoms. The third-order valence-electron chi connectivity index (χ3n) is 3.78. The summed E-state index contributed by atoms with van der Waals surface area (Å²) >= 11 is 5.20. The summed E-state index contributed by atoms with van der Waals surface area (Å²) in [5, 5.41) is 8.29. The number of rotatable bonds is 4. The highest BCUT2D eigenvalue weighted by atomic mass is 32.1. The Morgan fingerprint density at radius 2 is 1.58 bits per heavy atom. The Morgan fingerprint density at radius 1 is 0.875 bits per heavy atom. The first-order valence-corrected chi connectivity index (χ1v) is 8.25. The molecule has 0 saturated heterocycles. The fraction of sp³-hybridized carbons (Fsp3) is 0.100. The van der Waals surface area contributed by atoms with E-state index in [1.165, 1.54) is 5.56 Å². The fourth-order valence-corrected chi connectivity index (χ4v) is 2.71. The SMILES string of the molecule is O=C(NC(=S)NCCc1ccccc1)c1ccc2ccccc2c1. The second-order valence-corrected chi connectivity index (χ2v) is 5.92. The molecular weight excluding hydrogens is 316 g/mol. The first kappa shape index (κ1) is 16.1. The van der Waals surface area contributed by atoms with E-state index >= 15 is 0 Å². The van der Waals surface area contributed by atoms with E-state index < -0.39 is 0 Å². The van der Waals surface area contributed by atoms with E-state index in [1.54, 1.807) is 0 Å². The Balaban J connectivity index is 1.54. The van der Waals surface area contributed by atoms with Crippen LogP contribution in [0.4, 0.5) is 0 Å². The van der Waals surface area contributed by atoms with E-state index in [1.807, 2.05) is 60.7 Å². The lowest BCUT2D eigenvalue weighted by molar-refractivity contribution is 0.0977. The molecule has 3 aromatic carbocycles. The van der Waals surface area contributed by atoms with Gasteiger partial charge < -0.3 is 5.32 Å². The predicted molar refractivity (Wildman–Crippen MR) is 102 cm³/mol. The molecule has 0 spiro atoms. The molecule has 0 unspecified atom stereocenters. The first-order valence-electron chi connectivity index (χ1n) is 7.84. The maximum Gasteiger partial charge on any atom is 0.257 e. The first-order chi connectivity index (χ1) is 11.7. The molecule has 0 aliphatic heterocycles. The summed E-state index contributed by atoms with van der Waals surface area (Å²) < 4.78 is 0. The van der Waals surface area contributed by atoms with Gasteiger partial charge in [0.15, 0.2) is 5.11 Å². The highest BCUT2D eigenvalue weighted by Crippen LogP contribution is 2.15. The van der Waals surface area contributed by atoms with Gasteiger partial charge in [0.25, 0.3) is 5.91 Å². The van der Waals surface area contributed by atoms with E-state index in [-0.39, 0.29) is 5.91 Å². The number of carbonyl (C=O) groups is 1. The topological polar surface area (TPSA) is 41.1 Å². The maximum atomic E-state index is 12.3. The number of carbonyl (C=O) groups excluding carboxylic acids is 1. The zero-order chi connectivity index (χ0) is 16.8. The smallest absolute Gasteiger partial charge is 0.257 e. The van der Waals surface area contributed by atoms with Crippen LogP contribution in [0.25, 0.3) is 10.8 Å². The second-order valence-electron chi connectivity index (χ2n) is 5.51. The third-order valence-corrected chi connectivity index (χ3v) is 4.03. The van der Waals surface area contributed by atoms with Gasteiger partial charge in [-0.1, -0.05) is 60.7 Å². The van der Waals surface area contributed by atoms with Crippen molar-refractivity contribution >= 4 is 34.0 Å². The van der Waals surface area contributed by atoms with Crippen molar-refractivity contribution < 1.29 is 4.79 Å². The van der Waals surface area contributed by atoms with Crippen LogP contribution in [-0.4, -0.2) is 17.6 Å². The minimum absolute atomic E-state index is 0.196. The number of nitrogens with one attached hydrogen (secondary N) is 2.